The highest BCUT2D eigenvalue weighted by Crippen LogP contribution is 2.53. The SMILES string of the molecule is CCc1cc(C2CC(C)CCC2C(C)C)c(C2CC(C)CCC2C(C)C)cc1C1CC(C)CCC1C(C)C. The van der Waals surface area contributed by atoms with Gasteiger partial charge in [-0.3, -0.25) is 0 Å². The Hall–Kier alpha value is -0.780. The Morgan fingerprint density at radius 1 is 0.526 bits per heavy atom. The minimum Gasteiger partial charge on any atom is -0.0625 e. The van der Waals surface area contributed by atoms with Crippen LogP contribution in [0.1, 0.15) is 167 Å². The Morgan fingerprint density at radius 2 is 0.868 bits per heavy atom. The number of hydrogen-bond donors (Lipinski definition) is 0. The smallest absolute Gasteiger partial charge is 0.0126 e. The summed E-state index contributed by atoms with van der Waals surface area (Å²) < 4.78 is 0. The molecule has 3 saturated carbocycles. The molecule has 216 valence electrons. The van der Waals surface area contributed by atoms with Gasteiger partial charge >= 0.3 is 0 Å². The van der Waals surface area contributed by atoms with Gasteiger partial charge in [0.2, 0.25) is 0 Å². The Morgan fingerprint density at radius 3 is 1.21 bits per heavy atom. The van der Waals surface area contributed by atoms with Crippen molar-refractivity contribution in [2.45, 2.75) is 151 Å². The van der Waals surface area contributed by atoms with Gasteiger partial charge in [-0.25, -0.2) is 0 Å². The quantitative estimate of drug-likeness (QED) is 0.335. The van der Waals surface area contributed by atoms with Crippen molar-refractivity contribution in [3.63, 3.8) is 0 Å². The summed E-state index contributed by atoms with van der Waals surface area (Å²) in [5, 5.41) is 0. The van der Waals surface area contributed by atoms with Crippen molar-refractivity contribution in [3.8, 4) is 0 Å². The molecule has 1 aromatic carbocycles. The molecule has 0 amide bonds. The van der Waals surface area contributed by atoms with Gasteiger partial charge in [0.05, 0.1) is 0 Å². The molecule has 0 heterocycles. The minimum absolute atomic E-state index is 0.752. The van der Waals surface area contributed by atoms with Gasteiger partial charge in [-0.15, -0.1) is 0 Å². The summed E-state index contributed by atoms with van der Waals surface area (Å²) in [4.78, 5) is 0. The zero-order valence-corrected chi connectivity index (χ0v) is 27.2. The highest BCUT2D eigenvalue weighted by Gasteiger charge is 2.40. The van der Waals surface area contributed by atoms with Crippen LogP contribution in [0.25, 0.3) is 0 Å². The summed E-state index contributed by atoms with van der Waals surface area (Å²) in [6.45, 7) is 25.1. The van der Waals surface area contributed by atoms with E-state index in [2.05, 4.69) is 81.4 Å². The average molecular weight is 521 g/mol. The van der Waals surface area contributed by atoms with Crippen LogP contribution in [-0.4, -0.2) is 0 Å². The van der Waals surface area contributed by atoms with Crippen LogP contribution in [0.15, 0.2) is 12.1 Å². The number of hydrogen-bond acceptors (Lipinski definition) is 0. The molecule has 0 spiro atoms. The van der Waals surface area contributed by atoms with Crippen LogP contribution >= 0.6 is 0 Å². The van der Waals surface area contributed by atoms with E-state index in [1.807, 2.05) is 11.1 Å². The van der Waals surface area contributed by atoms with E-state index in [0.717, 1.165) is 71.0 Å². The van der Waals surface area contributed by atoms with Crippen molar-refractivity contribution in [2.75, 3.05) is 0 Å². The highest BCUT2D eigenvalue weighted by atomic mass is 14.4. The van der Waals surface area contributed by atoms with Gasteiger partial charge in [0.15, 0.2) is 0 Å². The van der Waals surface area contributed by atoms with E-state index in [1.165, 1.54) is 64.2 Å². The van der Waals surface area contributed by atoms with Crippen LogP contribution < -0.4 is 0 Å². The molecule has 38 heavy (non-hydrogen) atoms. The van der Waals surface area contributed by atoms with Gasteiger partial charge in [0.25, 0.3) is 0 Å². The fourth-order valence-corrected chi connectivity index (χ4v) is 9.67. The minimum atomic E-state index is 0.752. The molecule has 9 atom stereocenters. The number of rotatable bonds is 7. The van der Waals surface area contributed by atoms with Gasteiger partial charge in [0.1, 0.15) is 0 Å². The molecule has 3 aliphatic rings. The molecule has 3 fully saturated rings. The second kappa shape index (κ2) is 12.8. The van der Waals surface area contributed by atoms with Crippen LogP contribution in [0.5, 0.6) is 0 Å². The molecule has 0 radical (unpaired) electrons. The standard InChI is InChI=1S/C38H64/c1-11-29-21-37(35-19-27(9)13-16-31(35)24(4)5)38(36-20-28(10)14-17-32(36)25(6)7)22-33(29)34-18-26(8)12-15-30(34)23(2)3/h21-28,30-32,34-36H,11-20H2,1-10H3. The molecule has 0 aliphatic heterocycles. The van der Waals surface area contributed by atoms with Gasteiger partial charge in [-0.05, 0) is 138 Å². The van der Waals surface area contributed by atoms with Crippen molar-refractivity contribution < 1.29 is 0 Å². The molecular formula is C38H64. The Bertz CT molecular complexity index is 890. The molecule has 4 rings (SSSR count). The zero-order chi connectivity index (χ0) is 27.7. The molecular weight excluding hydrogens is 456 g/mol. The summed E-state index contributed by atoms with van der Waals surface area (Å²) in [5.41, 5.74) is 7.12. The van der Waals surface area contributed by atoms with E-state index in [-0.39, 0.29) is 0 Å². The van der Waals surface area contributed by atoms with Crippen LogP contribution in [0.4, 0.5) is 0 Å². The number of aryl methyl sites for hydroxylation is 1. The summed E-state index contributed by atoms with van der Waals surface area (Å²) in [5.74, 6) is 9.72. The maximum Gasteiger partial charge on any atom is -0.0126 e. The maximum atomic E-state index is 2.89. The summed E-state index contributed by atoms with van der Waals surface area (Å²) in [7, 11) is 0. The van der Waals surface area contributed by atoms with Gasteiger partial charge < -0.3 is 0 Å². The van der Waals surface area contributed by atoms with E-state index in [9.17, 15) is 0 Å². The van der Waals surface area contributed by atoms with Crippen molar-refractivity contribution in [1.82, 2.24) is 0 Å². The number of benzene rings is 1. The van der Waals surface area contributed by atoms with E-state index < -0.39 is 0 Å². The van der Waals surface area contributed by atoms with Gasteiger partial charge in [0, 0.05) is 0 Å². The maximum absolute atomic E-state index is 2.89. The van der Waals surface area contributed by atoms with Crippen molar-refractivity contribution in [1.29, 1.82) is 0 Å². The lowest BCUT2D eigenvalue weighted by Gasteiger charge is -2.44. The Balaban J connectivity index is 1.91. The Kier molecular flexibility index (Phi) is 10.2. The van der Waals surface area contributed by atoms with Crippen LogP contribution in [0.3, 0.4) is 0 Å². The molecule has 1 aromatic rings. The zero-order valence-electron chi connectivity index (χ0n) is 27.2. The molecule has 0 N–H and O–H groups in total. The summed E-state index contributed by atoms with van der Waals surface area (Å²) >= 11 is 0. The van der Waals surface area contributed by atoms with E-state index in [0.29, 0.717) is 0 Å². The molecule has 9 unspecified atom stereocenters. The molecule has 0 aromatic heterocycles. The normalized spacial score (nSPS) is 36.8. The predicted octanol–water partition coefficient (Wildman–Crippen LogP) is 11.8. The first-order valence-electron chi connectivity index (χ1n) is 17.2. The fourth-order valence-electron chi connectivity index (χ4n) is 9.67. The third-order valence-electron chi connectivity index (χ3n) is 12.0. The van der Waals surface area contributed by atoms with E-state index in [4.69, 9.17) is 0 Å². The lowest BCUT2D eigenvalue weighted by Crippen LogP contribution is -2.31. The molecule has 0 heteroatoms. The lowest BCUT2D eigenvalue weighted by atomic mass is 9.61. The topological polar surface area (TPSA) is 0 Å². The predicted molar refractivity (Wildman–Crippen MR) is 168 cm³/mol. The third kappa shape index (κ3) is 6.41. The van der Waals surface area contributed by atoms with Crippen LogP contribution in [0.2, 0.25) is 0 Å². The largest absolute Gasteiger partial charge is 0.0625 e. The van der Waals surface area contributed by atoms with Crippen LogP contribution in [0, 0.1) is 53.3 Å². The summed E-state index contributed by atoms with van der Waals surface area (Å²) in [6.07, 6.45) is 14.0. The average Bonchev–Trinajstić information content (AvgIpc) is 2.87. The fraction of sp³-hybridized carbons (Fsp3) is 0.842. The van der Waals surface area contributed by atoms with Crippen molar-refractivity contribution in [2.24, 2.45) is 53.3 Å². The second-order valence-corrected chi connectivity index (χ2v) is 15.8. The van der Waals surface area contributed by atoms with Crippen molar-refractivity contribution in [3.05, 3.63) is 34.4 Å². The summed E-state index contributed by atoms with van der Waals surface area (Å²) in [6, 6.07) is 5.72. The van der Waals surface area contributed by atoms with E-state index >= 15 is 0 Å². The van der Waals surface area contributed by atoms with Gasteiger partial charge in [-0.1, -0.05) is 101 Å². The highest BCUT2D eigenvalue weighted by molar-refractivity contribution is 5.45. The van der Waals surface area contributed by atoms with Gasteiger partial charge in [-0.2, -0.15) is 0 Å². The third-order valence-corrected chi connectivity index (χ3v) is 12.0. The molecule has 0 nitrogen and oxygen atoms in total. The first-order valence-corrected chi connectivity index (χ1v) is 17.2. The molecule has 3 aliphatic carbocycles. The lowest BCUT2D eigenvalue weighted by molar-refractivity contribution is 0.181. The molecule has 0 saturated heterocycles. The Labute approximate surface area is 238 Å². The second-order valence-electron chi connectivity index (χ2n) is 15.8. The molecule has 0 bridgehead atoms. The monoisotopic (exact) mass is 521 g/mol. The first-order chi connectivity index (χ1) is 18.0. The van der Waals surface area contributed by atoms with Crippen molar-refractivity contribution >= 4 is 0 Å². The van der Waals surface area contributed by atoms with E-state index in [1.54, 1.807) is 11.1 Å². The first kappa shape index (κ1) is 30.2. The van der Waals surface area contributed by atoms with Crippen LogP contribution in [-0.2, 0) is 6.42 Å².